The quantitative estimate of drug-likeness (QED) is 0.274. The summed E-state index contributed by atoms with van der Waals surface area (Å²) in [5.41, 5.74) is -1.23. The van der Waals surface area contributed by atoms with Crippen LogP contribution in [0.15, 0.2) is 18.6 Å². The fourth-order valence-electron chi connectivity index (χ4n) is 7.01. The van der Waals surface area contributed by atoms with E-state index in [2.05, 4.69) is 25.9 Å². The van der Waals surface area contributed by atoms with Crippen molar-refractivity contribution in [3.8, 4) is 0 Å². The van der Waals surface area contributed by atoms with Crippen molar-refractivity contribution in [2.75, 3.05) is 6.54 Å². The van der Waals surface area contributed by atoms with Crippen molar-refractivity contribution in [2.24, 2.45) is 28.6 Å². The molecule has 6 atom stereocenters. The number of nitrogens with one attached hydrogen (secondary N) is 3. The third-order valence-corrected chi connectivity index (χ3v) is 9.80. The van der Waals surface area contributed by atoms with Crippen LogP contribution in [0.3, 0.4) is 0 Å². The van der Waals surface area contributed by atoms with E-state index in [1.165, 1.54) is 18.6 Å². The third kappa shape index (κ3) is 8.81. The van der Waals surface area contributed by atoms with Crippen LogP contribution in [-0.2, 0) is 24.0 Å². The van der Waals surface area contributed by atoms with Crippen LogP contribution in [0.5, 0.6) is 0 Å². The minimum Gasteiger partial charge on any atom is -0.347 e. The van der Waals surface area contributed by atoms with E-state index in [4.69, 9.17) is 0 Å². The van der Waals surface area contributed by atoms with Gasteiger partial charge in [0.2, 0.25) is 17.6 Å². The molecule has 2 aliphatic carbocycles. The van der Waals surface area contributed by atoms with Crippen LogP contribution < -0.4 is 16.0 Å². The summed E-state index contributed by atoms with van der Waals surface area (Å²) < 4.78 is 0. The Kier molecular flexibility index (Phi) is 11.2. The number of ketones is 2. The Hall–Kier alpha value is -3.70. The molecule has 3 fully saturated rings. The molecule has 1 aliphatic heterocycles. The maximum absolute atomic E-state index is 14.5. The molecule has 258 valence electrons. The lowest BCUT2D eigenvalue weighted by atomic mass is 9.73. The van der Waals surface area contributed by atoms with E-state index in [0.29, 0.717) is 19.4 Å². The number of hydrogen-bond acceptors (Lipinski definition) is 8. The largest absolute Gasteiger partial charge is 0.347 e. The molecule has 12 heteroatoms. The fraction of sp³-hybridized carbons (Fsp3) is 0.714. The van der Waals surface area contributed by atoms with Gasteiger partial charge in [-0.25, -0.2) is 4.98 Å². The summed E-state index contributed by atoms with van der Waals surface area (Å²) in [6.45, 7) is 13.5. The van der Waals surface area contributed by atoms with Gasteiger partial charge in [0.1, 0.15) is 11.7 Å². The number of hydrogen-bond donors (Lipinski definition) is 3. The maximum Gasteiger partial charge on any atom is 0.289 e. The van der Waals surface area contributed by atoms with E-state index >= 15 is 0 Å². The number of fused-ring (bicyclic) bond motifs is 1. The van der Waals surface area contributed by atoms with Crippen molar-refractivity contribution >= 4 is 35.2 Å². The highest BCUT2D eigenvalue weighted by Gasteiger charge is 2.52. The molecule has 3 N–H and O–H groups in total. The van der Waals surface area contributed by atoms with Crippen molar-refractivity contribution in [2.45, 2.75) is 124 Å². The van der Waals surface area contributed by atoms with Crippen LogP contribution in [0.4, 0.5) is 0 Å². The topological polar surface area (TPSA) is 168 Å². The highest BCUT2D eigenvalue weighted by atomic mass is 16.2. The van der Waals surface area contributed by atoms with Gasteiger partial charge >= 0.3 is 0 Å². The molecule has 0 bridgehead atoms. The molecule has 0 aromatic carbocycles. The van der Waals surface area contributed by atoms with Gasteiger partial charge in [-0.3, -0.25) is 33.8 Å². The van der Waals surface area contributed by atoms with Crippen LogP contribution in [0.2, 0.25) is 0 Å². The average Bonchev–Trinajstić information content (AvgIpc) is 3.57. The van der Waals surface area contributed by atoms with Crippen molar-refractivity contribution in [1.29, 1.82) is 0 Å². The molecule has 0 radical (unpaired) electrons. The fourth-order valence-corrected chi connectivity index (χ4v) is 7.01. The molecular formula is C35H52N6O6. The van der Waals surface area contributed by atoms with E-state index < -0.39 is 58.4 Å². The molecule has 1 aromatic heterocycles. The predicted molar refractivity (Wildman–Crippen MR) is 175 cm³/mol. The molecule has 2 heterocycles. The molecular weight excluding hydrogens is 600 g/mol. The van der Waals surface area contributed by atoms with E-state index in [-0.39, 0.29) is 41.7 Å². The maximum atomic E-state index is 14.5. The van der Waals surface area contributed by atoms with Crippen molar-refractivity contribution in [1.82, 2.24) is 30.8 Å². The minimum atomic E-state index is -0.978. The lowest BCUT2D eigenvalue weighted by Gasteiger charge is -2.38. The molecule has 4 amide bonds. The van der Waals surface area contributed by atoms with E-state index in [1.807, 2.05) is 48.5 Å². The highest BCUT2D eigenvalue weighted by molar-refractivity contribution is 6.38. The van der Waals surface area contributed by atoms with Crippen LogP contribution in [0.25, 0.3) is 0 Å². The second-order valence-electron chi connectivity index (χ2n) is 15.7. The van der Waals surface area contributed by atoms with E-state index in [0.717, 1.165) is 32.1 Å². The number of carbonyl (C=O) groups is 6. The Balaban J connectivity index is 1.55. The second-order valence-corrected chi connectivity index (χ2v) is 15.7. The Morgan fingerprint density at radius 2 is 1.64 bits per heavy atom. The zero-order valence-corrected chi connectivity index (χ0v) is 28.9. The van der Waals surface area contributed by atoms with E-state index in [1.54, 1.807) is 4.90 Å². The van der Waals surface area contributed by atoms with Crippen molar-refractivity contribution in [3.63, 3.8) is 0 Å². The molecule has 3 aliphatic rings. The summed E-state index contributed by atoms with van der Waals surface area (Å²) in [5, 5.41) is 8.40. The van der Waals surface area contributed by atoms with Gasteiger partial charge in [-0.1, -0.05) is 61.3 Å². The molecule has 12 nitrogen and oxygen atoms in total. The smallest absolute Gasteiger partial charge is 0.289 e. The van der Waals surface area contributed by atoms with Crippen LogP contribution in [0.1, 0.15) is 110 Å². The molecule has 0 spiro atoms. The number of amides is 4. The normalized spacial score (nSPS) is 22.9. The highest BCUT2D eigenvalue weighted by Crippen LogP contribution is 2.44. The summed E-state index contributed by atoms with van der Waals surface area (Å²) in [5.74, 6) is -3.61. The first-order valence-electron chi connectivity index (χ1n) is 17.1. The Labute approximate surface area is 278 Å². The minimum absolute atomic E-state index is 0.0156. The molecule has 47 heavy (non-hydrogen) atoms. The van der Waals surface area contributed by atoms with Crippen LogP contribution in [0, 0.1) is 28.6 Å². The molecule has 0 unspecified atom stereocenters. The number of likely N-dealkylation sites (tertiary alicyclic amines) is 1. The van der Waals surface area contributed by atoms with Crippen LogP contribution in [-0.4, -0.2) is 80.8 Å². The molecule has 1 saturated heterocycles. The summed E-state index contributed by atoms with van der Waals surface area (Å²) in [7, 11) is 0. The van der Waals surface area contributed by atoms with Crippen LogP contribution >= 0.6 is 0 Å². The number of rotatable bonds is 13. The Morgan fingerprint density at radius 1 is 0.936 bits per heavy atom. The second kappa shape index (κ2) is 14.6. The summed E-state index contributed by atoms with van der Waals surface area (Å²) in [4.78, 5) is 90.9. The van der Waals surface area contributed by atoms with Gasteiger partial charge in [0.15, 0.2) is 5.78 Å². The standard InChI is InChI=1S/C35H52N6O6/c1-8-10-24(28(43)32(46)38-21-13-14-21)39-31(45)27-22-12-9-11-20(22)19-41(27)33(47)23(34(2,3)4)17-26(42)29(35(5,6)7)40-30(44)25-18-36-15-16-37-25/h15-16,18,20-24,27,29H,8-14,17,19H2,1-7H3,(H,38,46)(H,39,45)(H,40,44)/t20-,22-,23+,24-,27-,29+/m0/s1. The third-order valence-electron chi connectivity index (χ3n) is 9.80. The first-order valence-corrected chi connectivity index (χ1v) is 17.1. The summed E-state index contributed by atoms with van der Waals surface area (Å²) in [6.07, 6.45) is 9.24. The lowest BCUT2D eigenvalue weighted by molar-refractivity contribution is -0.148. The molecule has 4 rings (SSSR count). The lowest BCUT2D eigenvalue weighted by Crippen LogP contribution is -2.56. The number of carbonyl (C=O) groups excluding carboxylic acids is 6. The number of aromatic nitrogens is 2. The molecule has 1 aromatic rings. The van der Waals surface area contributed by atoms with Gasteiger partial charge in [0.25, 0.3) is 11.8 Å². The number of Topliss-reactive ketones (excluding diaryl/α,β-unsaturated/α-hetero) is 2. The van der Waals surface area contributed by atoms with E-state index in [9.17, 15) is 28.8 Å². The zero-order valence-electron chi connectivity index (χ0n) is 28.9. The molecule has 2 saturated carbocycles. The Bertz CT molecular complexity index is 1350. The summed E-state index contributed by atoms with van der Waals surface area (Å²) in [6, 6.07) is -2.67. The first kappa shape index (κ1) is 36.1. The van der Waals surface area contributed by atoms with Crippen molar-refractivity contribution in [3.05, 3.63) is 24.3 Å². The van der Waals surface area contributed by atoms with Gasteiger partial charge < -0.3 is 20.9 Å². The SMILES string of the molecule is CCC[C@H](NC(=O)[C@@H]1[C@H]2CCC[C@H]2CN1C(=O)[C@@H](CC(=O)[C@@H](NC(=O)c1cnccn1)C(C)(C)C)C(C)(C)C)C(=O)C(=O)NC1CC1. The Morgan fingerprint density at radius 3 is 2.21 bits per heavy atom. The summed E-state index contributed by atoms with van der Waals surface area (Å²) >= 11 is 0. The van der Waals surface area contributed by atoms with Gasteiger partial charge in [0, 0.05) is 37.3 Å². The van der Waals surface area contributed by atoms with Gasteiger partial charge in [0.05, 0.1) is 18.3 Å². The predicted octanol–water partition coefficient (Wildman–Crippen LogP) is 3.00. The number of nitrogens with zero attached hydrogens (tertiary/aromatic N) is 3. The van der Waals surface area contributed by atoms with Crippen molar-refractivity contribution < 1.29 is 28.8 Å². The van der Waals surface area contributed by atoms with Gasteiger partial charge in [-0.2, -0.15) is 0 Å². The zero-order chi connectivity index (χ0) is 34.7. The monoisotopic (exact) mass is 652 g/mol. The van der Waals surface area contributed by atoms with Gasteiger partial charge in [-0.15, -0.1) is 0 Å². The first-order chi connectivity index (χ1) is 22.0. The van der Waals surface area contributed by atoms with Gasteiger partial charge in [-0.05, 0) is 54.8 Å². The average molecular weight is 653 g/mol.